The molecule has 34 heavy (non-hydrogen) atoms. The Labute approximate surface area is 252 Å². The number of rotatable bonds is 23. The van der Waals surface area contributed by atoms with Crippen molar-refractivity contribution >= 4 is 81.2 Å². The number of hydrogen-bond acceptors (Lipinski definition) is 5. The summed E-state index contributed by atoms with van der Waals surface area (Å²) in [6.07, 6.45) is 21.4. The number of carboxylic acid groups (broad SMARTS) is 1. The molecular formula is C24H46Na2O7S. The van der Waals surface area contributed by atoms with Crippen LogP contribution < -0.4 is 0 Å². The fourth-order valence-electron chi connectivity index (χ4n) is 3.74. The molecule has 0 rings (SSSR count). The number of unbranched alkanes of at least 4 members (excludes halogenated alkanes) is 17. The Morgan fingerprint density at radius 2 is 1.00 bits per heavy atom. The first-order valence-electron chi connectivity index (χ1n) is 12.6. The second kappa shape index (κ2) is 26.9. The summed E-state index contributed by atoms with van der Waals surface area (Å²) >= 11 is 0. The van der Waals surface area contributed by atoms with Crippen LogP contribution >= 0.6 is 0 Å². The van der Waals surface area contributed by atoms with Crippen LogP contribution in [0.15, 0.2) is 0 Å². The third-order valence-corrected chi connectivity index (χ3v) is 6.80. The maximum Gasteiger partial charge on any atom is 0.327 e. The number of ether oxygens (including phenoxy) is 1. The van der Waals surface area contributed by atoms with E-state index < -0.39 is 33.7 Å². The number of aliphatic carboxylic acids is 1. The zero-order valence-corrected chi connectivity index (χ0v) is 26.9. The largest absolute Gasteiger partial charge is 0.481 e. The maximum absolute atomic E-state index is 11.7. The van der Waals surface area contributed by atoms with Gasteiger partial charge in [-0.1, -0.05) is 116 Å². The van der Waals surface area contributed by atoms with Crippen molar-refractivity contribution in [3.05, 3.63) is 0 Å². The van der Waals surface area contributed by atoms with Gasteiger partial charge in [0.1, 0.15) is 0 Å². The third-order valence-electron chi connectivity index (χ3n) is 5.72. The van der Waals surface area contributed by atoms with Crippen LogP contribution in [0.25, 0.3) is 0 Å². The topological polar surface area (TPSA) is 118 Å². The van der Waals surface area contributed by atoms with Crippen molar-refractivity contribution in [2.24, 2.45) is 0 Å². The van der Waals surface area contributed by atoms with Gasteiger partial charge in [0, 0.05) is 59.1 Å². The van der Waals surface area contributed by atoms with Crippen molar-refractivity contribution in [3.8, 4) is 0 Å². The summed E-state index contributed by atoms with van der Waals surface area (Å²) < 4.78 is 36.0. The molecule has 2 N–H and O–H groups in total. The number of carbonyl (C=O) groups excluding carboxylic acids is 1. The van der Waals surface area contributed by atoms with Crippen molar-refractivity contribution in [3.63, 3.8) is 0 Å². The van der Waals surface area contributed by atoms with E-state index in [9.17, 15) is 18.0 Å². The molecular weight excluding hydrogens is 478 g/mol. The third kappa shape index (κ3) is 25.9. The molecule has 0 heterocycles. The quantitative estimate of drug-likeness (QED) is 0.0780. The van der Waals surface area contributed by atoms with Gasteiger partial charge in [0.05, 0.1) is 13.0 Å². The molecule has 0 spiro atoms. The van der Waals surface area contributed by atoms with Crippen molar-refractivity contribution < 1.29 is 32.4 Å². The van der Waals surface area contributed by atoms with E-state index in [0.29, 0.717) is 6.42 Å². The Morgan fingerprint density at radius 1 is 0.676 bits per heavy atom. The molecule has 2 radical (unpaired) electrons. The predicted octanol–water partition coefficient (Wildman–Crippen LogP) is 5.54. The Balaban J connectivity index is -0.00000480. The van der Waals surface area contributed by atoms with Gasteiger partial charge < -0.3 is 9.84 Å². The Kier molecular flexibility index (Phi) is 31.1. The van der Waals surface area contributed by atoms with Gasteiger partial charge in [-0.25, -0.2) is 0 Å². The summed E-state index contributed by atoms with van der Waals surface area (Å²) in [4.78, 5) is 22.3. The minimum Gasteiger partial charge on any atom is -0.481 e. The molecule has 7 nitrogen and oxygen atoms in total. The molecule has 0 saturated heterocycles. The molecule has 0 aliphatic carbocycles. The Bertz CT molecular complexity index is 586. The molecule has 192 valence electrons. The molecule has 1 atom stereocenters. The van der Waals surface area contributed by atoms with E-state index in [0.717, 1.165) is 19.3 Å². The van der Waals surface area contributed by atoms with Gasteiger partial charge >= 0.3 is 11.9 Å². The summed E-state index contributed by atoms with van der Waals surface area (Å²) in [7, 11) is -4.79. The van der Waals surface area contributed by atoms with Gasteiger partial charge in [-0.05, 0) is 6.42 Å². The standard InChI is InChI=1S/C24H46O7S.2Na/c1-2-3-4-5-6-7-8-9-10-11-12-13-14-15-16-17-18-19-20-31-24(27)22(21-23(25)26)32(28,29)30;;/h22H,2-21H2,1H3,(H,25,26)(H,28,29,30);;. The van der Waals surface area contributed by atoms with E-state index >= 15 is 0 Å². The Morgan fingerprint density at radius 3 is 1.29 bits per heavy atom. The summed E-state index contributed by atoms with van der Waals surface area (Å²) in [6.45, 7) is 2.29. The maximum atomic E-state index is 11.7. The van der Waals surface area contributed by atoms with Crippen LogP contribution in [0.4, 0.5) is 0 Å². The van der Waals surface area contributed by atoms with Gasteiger partial charge in [0.25, 0.3) is 10.1 Å². The average molecular weight is 525 g/mol. The molecule has 0 aliphatic heterocycles. The normalized spacial score (nSPS) is 11.8. The number of esters is 1. The van der Waals surface area contributed by atoms with Crippen LogP contribution in [0.5, 0.6) is 0 Å². The van der Waals surface area contributed by atoms with Gasteiger partial charge in [0.15, 0.2) is 5.25 Å². The van der Waals surface area contributed by atoms with E-state index in [1.165, 1.54) is 89.9 Å². The Hall–Kier alpha value is 0.850. The first-order chi connectivity index (χ1) is 15.3. The van der Waals surface area contributed by atoms with Gasteiger partial charge in [-0.2, -0.15) is 8.42 Å². The van der Waals surface area contributed by atoms with E-state index in [1.807, 2.05) is 0 Å². The zero-order valence-electron chi connectivity index (χ0n) is 22.1. The van der Waals surface area contributed by atoms with Crippen LogP contribution in [-0.2, 0) is 24.4 Å². The molecule has 10 heteroatoms. The molecule has 1 unspecified atom stereocenters. The van der Waals surface area contributed by atoms with Crippen molar-refractivity contribution in [1.29, 1.82) is 0 Å². The molecule has 0 aromatic rings. The summed E-state index contributed by atoms with van der Waals surface area (Å²) in [6, 6.07) is 0. The monoisotopic (exact) mass is 524 g/mol. The zero-order chi connectivity index (χ0) is 24.1. The second-order valence-electron chi connectivity index (χ2n) is 8.78. The fraction of sp³-hybridized carbons (Fsp3) is 0.917. The van der Waals surface area contributed by atoms with E-state index in [4.69, 9.17) is 14.4 Å². The smallest absolute Gasteiger partial charge is 0.327 e. The van der Waals surface area contributed by atoms with Gasteiger partial charge in [0.2, 0.25) is 0 Å². The van der Waals surface area contributed by atoms with E-state index in [1.54, 1.807) is 0 Å². The predicted molar refractivity (Wildman–Crippen MR) is 139 cm³/mol. The van der Waals surface area contributed by atoms with Crippen molar-refractivity contribution in [1.82, 2.24) is 0 Å². The van der Waals surface area contributed by atoms with Gasteiger partial charge in [-0.3, -0.25) is 14.1 Å². The molecule has 0 amide bonds. The minimum absolute atomic E-state index is 0. The minimum atomic E-state index is -4.79. The number of carbonyl (C=O) groups is 2. The number of hydrogen-bond donors (Lipinski definition) is 2. The second-order valence-corrected chi connectivity index (χ2v) is 10.4. The molecule has 0 fully saturated rings. The first-order valence-corrected chi connectivity index (χ1v) is 14.1. The first kappa shape index (κ1) is 39.4. The van der Waals surface area contributed by atoms with Crippen LogP contribution in [-0.4, -0.2) is 101 Å². The van der Waals surface area contributed by atoms with Crippen LogP contribution in [0, 0.1) is 0 Å². The summed E-state index contributed by atoms with van der Waals surface area (Å²) in [5, 5.41) is 6.59. The van der Waals surface area contributed by atoms with Crippen LogP contribution in [0.1, 0.15) is 129 Å². The SMILES string of the molecule is CCCCCCCCCCCCCCCCCCCCOC(=O)C(CC(=O)O)S(=O)(=O)O.[Na].[Na]. The molecule has 0 aliphatic rings. The average Bonchev–Trinajstić information content (AvgIpc) is 2.72. The summed E-state index contributed by atoms with van der Waals surface area (Å²) in [5.41, 5.74) is 0. The molecule has 0 bridgehead atoms. The molecule has 0 aromatic carbocycles. The summed E-state index contributed by atoms with van der Waals surface area (Å²) in [5.74, 6) is -2.69. The number of carboxylic acids is 1. The van der Waals surface area contributed by atoms with Gasteiger partial charge in [-0.15, -0.1) is 0 Å². The van der Waals surface area contributed by atoms with Crippen molar-refractivity contribution in [2.45, 2.75) is 134 Å². The molecule has 0 aromatic heterocycles. The van der Waals surface area contributed by atoms with Crippen LogP contribution in [0.2, 0.25) is 0 Å². The van der Waals surface area contributed by atoms with Crippen molar-refractivity contribution in [2.75, 3.05) is 6.61 Å². The fourth-order valence-corrected chi connectivity index (χ4v) is 4.40. The van der Waals surface area contributed by atoms with E-state index in [2.05, 4.69) is 6.92 Å². The van der Waals surface area contributed by atoms with Crippen LogP contribution in [0.3, 0.4) is 0 Å². The molecule has 0 saturated carbocycles. The van der Waals surface area contributed by atoms with E-state index in [-0.39, 0.29) is 65.7 Å².